The van der Waals surface area contributed by atoms with Crippen LogP contribution in [0.3, 0.4) is 0 Å². The minimum Gasteiger partial charge on any atom is -0.389 e. The van der Waals surface area contributed by atoms with E-state index in [9.17, 15) is 0 Å². The molecule has 2 rings (SSSR count). The highest BCUT2D eigenvalue weighted by atomic mass is 32.1. The van der Waals surface area contributed by atoms with Crippen LogP contribution in [0.4, 0.5) is 5.69 Å². The first-order valence-corrected chi connectivity index (χ1v) is 7.41. The Morgan fingerprint density at radius 2 is 1.95 bits per heavy atom. The SMILES string of the molecule is CN(CCNc1ccc(C(N)=S)cc1)C1CCCC1. The monoisotopic (exact) mass is 277 g/mol. The van der Waals surface area contributed by atoms with Gasteiger partial charge in [-0.1, -0.05) is 25.1 Å². The van der Waals surface area contributed by atoms with Gasteiger partial charge in [0.05, 0.1) is 0 Å². The lowest BCUT2D eigenvalue weighted by atomic mass is 10.2. The predicted molar refractivity (Wildman–Crippen MR) is 85.7 cm³/mol. The van der Waals surface area contributed by atoms with E-state index in [0.29, 0.717) is 4.99 Å². The first kappa shape index (κ1) is 14.3. The fourth-order valence-electron chi connectivity index (χ4n) is 2.66. The number of nitrogens with zero attached hydrogens (tertiary/aromatic N) is 1. The summed E-state index contributed by atoms with van der Waals surface area (Å²) in [4.78, 5) is 2.93. The molecule has 1 aliphatic rings. The van der Waals surface area contributed by atoms with E-state index in [2.05, 4.69) is 17.3 Å². The Balaban J connectivity index is 1.74. The summed E-state index contributed by atoms with van der Waals surface area (Å²) in [7, 11) is 2.23. The molecular weight excluding hydrogens is 254 g/mol. The molecule has 1 saturated carbocycles. The van der Waals surface area contributed by atoms with Gasteiger partial charge in [0.1, 0.15) is 4.99 Å². The lowest BCUT2D eigenvalue weighted by Crippen LogP contribution is -2.33. The smallest absolute Gasteiger partial charge is 0.103 e. The molecule has 3 nitrogen and oxygen atoms in total. The molecule has 0 spiro atoms. The second kappa shape index (κ2) is 6.87. The van der Waals surface area contributed by atoms with Crippen molar-refractivity contribution in [3.8, 4) is 0 Å². The first-order chi connectivity index (χ1) is 9.16. The third-order valence-corrected chi connectivity index (χ3v) is 4.15. The molecular formula is C15H23N3S. The third-order valence-electron chi connectivity index (χ3n) is 3.91. The van der Waals surface area contributed by atoms with Crippen LogP contribution in [0.25, 0.3) is 0 Å². The fraction of sp³-hybridized carbons (Fsp3) is 0.533. The number of hydrogen-bond donors (Lipinski definition) is 2. The van der Waals surface area contributed by atoms with E-state index in [1.54, 1.807) is 0 Å². The number of rotatable bonds is 6. The van der Waals surface area contributed by atoms with E-state index in [1.807, 2.05) is 24.3 Å². The van der Waals surface area contributed by atoms with Gasteiger partial charge in [-0.15, -0.1) is 0 Å². The van der Waals surface area contributed by atoms with Crippen LogP contribution in [0.15, 0.2) is 24.3 Å². The minimum absolute atomic E-state index is 0.451. The number of nitrogens with one attached hydrogen (secondary N) is 1. The molecule has 3 N–H and O–H groups in total. The van der Waals surface area contributed by atoms with E-state index >= 15 is 0 Å². The molecule has 1 aliphatic carbocycles. The maximum Gasteiger partial charge on any atom is 0.103 e. The van der Waals surface area contributed by atoms with Gasteiger partial charge >= 0.3 is 0 Å². The number of likely N-dealkylation sites (N-methyl/N-ethyl adjacent to an activating group) is 1. The topological polar surface area (TPSA) is 41.3 Å². The maximum absolute atomic E-state index is 5.58. The van der Waals surface area contributed by atoms with Gasteiger partial charge in [0.15, 0.2) is 0 Å². The average Bonchev–Trinajstić information content (AvgIpc) is 2.93. The second-order valence-corrected chi connectivity index (χ2v) is 5.73. The lowest BCUT2D eigenvalue weighted by Gasteiger charge is -2.24. The average molecular weight is 277 g/mol. The fourth-order valence-corrected chi connectivity index (χ4v) is 2.79. The van der Waals surface area contributed by atoms with Crippen LogP contribution >= 0.6 is 12.2 Å². The van der Waals surface area contributed by atoms with Crippen molar-refractivity contribution in [2.75, 3.05) is 25.5 Å². The van der Waals surface area contributed by atoms with Crippen molar-refractivity contribution in [3.05, 3.63) is 29.8 Å². The number of thiocarbonyl (C=S) groups is 1. The van der Waals surface area contributed by atoms with Crippen molar-refractivity contribution in [3.63, 3.8) is 0 Å². The van der Waals surface area contributed by atoms with Gasteiger partial charge in [-0.25, -0.2) is 0 Å². The summed E-state index contributed by atoms with van der Waals surface area (Å²) in [5, 5.41) is 3.44. The summed E-state index contributed by atoms with van der Waals surface area (Å²) < 4.78 is 0. The molecule has 0 atom stereocenters. The molecule has 1 aromatic rings. The third kappa shape index (κ3) is 4.18. The van der Waals surface area contributed by atoms with Gasteiger partial charge in [-0.3, -0.25) is 0 Å². The standard InChI is InChI=1S/C15H23N3S/c1-18(14-4-2-3-5-14)11-10-17-13-8-6-12(7-9-13)15(16)19/h6-9,14,17H,2-5,10-11H2,1H3,(H2,16,19). The summed E-state index contributed by atoms with van der Waals surface area (Å²) in [6.45, 7) is 2.06. The molecule has 1 aromatic carbocycles. The van der Waals surface area contributed by atoms with Gasteiger partial charge in [-0.05, 0) is 44.2 Å². The Bertz CT molecular complexity index is 410. The van der Waals surface area contributed by atoms with Gasteiger partial charge in [0, 0.05) is 30.4 Å². The lowest BCUT2D eigenvalue weighted by molar-refractivity contribution is 0.254. The molecule has 0 aromatic heterocycles. The minimum atomic E-state index is 0.451. The van der Waals surface area contributed by atoms with Crippen LogP contribution in [0, 0.1) is 0 Å². The van der Waals surface area contributed by atoms with Crippen molar-refractivity contribution in [2.45, 2.75) is 31.7 Å². The molecule has 0 amide bonds. The van der Waals surface area contributed by atoms with Crippen LogP contribution in [-0.2, 0) is 0 Å². The maximum atomic E-state index is 5.58. The molecule has 1 fully saturated rings. The van der Waals surface area contributed by atoms with Gasteiger partial charge in [0.2, 0.25) is 0 Å². The number of nitrogens with two attached hydrogens (primary N) is 1. The van der Waals surface area contributed by atoms with Crippen LogP contribution in [0.2, 0.25) is 0 Å². The van der Waals surface area contributed by atoms with Crippen LogP contribution in [0.1, 0.15) is 31.2 Å². The summed E-state index contributed by atoms with van der Waals surface area (Å²) in [5.74, 6) is 0. The van der Waals surface area contributed by atoms with Crippen molar-refractivity contribution in [1.82, 2.24) is 4.90 Å². The van der Waals surface area contributed by atoms with Crippen molar-refractivity contribution >= 4 is 22.9 Å². The zero-order valence-corrected chi connectivity index (χ0v) is 12.4. The van der Waals surface area contributed by atoms with Crippen molar-refractivity contribution in [1.29, 1.82) is 0 Å². The molecule has 19 heavy (non-hydrogen) atoms. The van der Waals surface area contributed by atoms with E-state index in [-0.39, 0.29) is 0 Å². The van der Waals surface area contributed by atoms with Crippen molar-refractivity contribution in [2.24, 2.45) is 5.73 Å². The molecule has 0 heterocycles. The Labute approximate surface area is 121 Å². The quantitative estimate of drug-likeness (QED) is 0.784. The highest BCUT2D eigenvalue weighted by Gasteiger charge is 2.18. The van der Waals surface area contributed by atoms with Crippen LogP contribution < -0.4 is 11.1 Å². The number of anilines is 1. The highest BCUT2D eigenvalue weighted by Crippen LogP contribution is 2.22. The van der Waals surface area contributed by atoms with Gasteiger partial charge < -0.3 is 16.0 Å². The van der Waals surface area contributed by atoms with E-state index < -0.39 is 0 Å². The van der Waals surface area contributed by atoms with Gasteiger partial charge in [-0.2, -0.15) is 0 Å². The highest BCUT2D eigenvalue weighted by molar-refractivity contribution is 7.80. The molecule has 104 valence electrons. The Kier molecular flexibility index (Phi) is 5.16. The van der Waals surface area contributed by atoms with E-state index in [4.69, 9.17) is 18.0 Å². The normalized spacial score (nSPS) is 15.9. The zero-order valence-electron chi connectivity index (χ0n) is 11.6. The van der Waals surface area contributed by atoms with Gasteiger partial charge in [0.25, 0.3) is 0 Å². The Hall–Kier alpha value is -1.13. The summed E-state index contributed by atoms with van der Waals surface area (Å²) in [5.41, 5.74) is 7.62. The molecule has 0 saturated heterocycles. The van der Waals surface area contributed by atoms with Crippen LogP contribution in [0.5, 0.6) is 0 Å². The predicted octanol–water partition coefficient (Wildman–Crippen LogP) is 2.61. The summed E-state index contributed by atoms with van der Waals surface area (Å²) in [6, 6.07) is 8.78. The summed E-state index contributed by atoms with van der Waals surface area (Å²) in [6.07, 6.45) is 5.50. The number of benzene rings is 1. The largest absolute Gasteiger partial charge is 0.389 e. The van der Waals surface area contributed by atoms with E-state index in [1.165, 1.54) is 25.7 Å². The Morgan fingerprint density at radius 1 is 1.32 bits per heavy atom. The first-order valence-electron chi connectivity index (χ1n) is 7.01. The molecule has 0 aliphatic heterocycles. The number of hydrogen-bond acceptors (Lipinski definition) is 3. The second-order valence-electron chi connectivity index (χ2n) is 5.29. The molecule has 4 heteroatoms. The van der Waals surface area contributed by atoms with Crippen molar-refractivity contribution < 1.29 is 0 Å². The van der Waals surface area contributed by atoms with Crippen LogP contribution in [-0.4, -0.2) is 36.1 Å². The molecule has 0 unspecified atom stereocenters. The molecule has 0 radical (unpaired) electrons. The molecule has 0 bridgehead atoms. The summed E-state index contributed by atoms with van der Waals surface area (Å²) >= 11 is 4.94. The Morgan fingerprint density at radius 3 is 2.53 bits per heavy atom. The van der Waals surface area contributed by atoms with E-state index in [0.717, 1.165) is 30.4 Å². The zero-order chi connectivity index (χ0) is 13.7.